The van der Waals surface area contributed by atoms with Crippen LogP contribution in [0.2, 0.25) is 0 Å². The molecule has 0 saturated heterocycles. The molecule has 1 aliphatic rings. The third-order valence-electron chi connectivity index (χ3n) is 4.18. The summed E-state index contributed by atoms with van der Waals surface area (Å²) < 4.78 is 0. The zero-order chi connectivity index (χ0) is 17.8. The van der Waals surface area contributed by atoms with Gasteiger partial charge in [0, 0.05) is 29.2 Å². The van der Waals surface area contributed by atoms with E-state index in [0.29, 0.717) is 18.8 Å². The van der Waals surface area contributed by atoms with Gasteiger partial charge in [-0.1, -0.05) is 6.92 Å². The molecule has 2 aromatic heterocycles. The first-order valence-corrected chi connectivity index (χ1v) is 9.38. The topological polar surface area (TPSA) is 84.0 Å². The third-order valence-corrected chi connectivity index (χ3v) is 5.18. The van der Waals surface area contributed by atoms with E-state index in [2.05, 4.69) is 20.6 Å². The summed E-state index contributed by atoms with van der Waals surface area (Å²) in [4.78, 5) is 34.5. The lowest BCUT2D eigenvalue weighted by Gasteiger charge is -2.24. The molecular formula is C18H22N4O2S. The molecule has 6 nitrogen and oxygen atoms in total. The molecule has 2 N–H and O–H groups in total. The van der Waals surface area contributed by atoms with Crippen LogP contribution in [0.1, 0.15) is 52.0 Å². The molecular weight excluding hydrogens is 336 g/mol. The van der Waals surface area contributed by atoms with Crippen molar-refractivity contribution < 1.29 is 9.59 Å². The average molecular weight is 358 g/mol. The highest BCUT2D eigenvalue weighted by atomic mass is 32.1. The molecule has 2 aromatic rings. The van der Waals surface area contributed by atoms with E-state index in [1.165, 1.54) is 11.3 Å². The van der Waals surface area contributed by atoms with Crippen molar-refractivity contribution in [3.8, 4) is 0 Å². The lowest BCUT2D eigenvalue weighted by Crippen LogP contribution is -2.38. The highest BCUT2D eigenvalue weighted by Crippen LogP contribution is 2.21. The van der Waals surface area contributed by atoms with Gasteiger partial charge in [-0.25, -0.2) is 9.97 Å². The minimum Gasteiger partial charge on any atom is -0.348 e. The van der Waals surface area contributed by atoms with Crippen molar-refractivity contribution in [3.05, 3.63) is 39.3 Å². The third kappa shape index (κ3) is 4.42. The molecule has 1 atom stereocenters. The van der Waals surface area contributed by atoms with Gasteiger partial charge in [0.05, 0.1) is 4.88 Å². The van der Waals surface area contributed by atoms with Gasteiger partial charge >= 0.3 is 0 Å². The Bertz CT molecular complexity index is 787. The zero-order valence-corrected chi connectivity index (χ0v) is 15.3. The average Bonchev–Trinajstić information content (AvgIpc) is 3.02. The minimum absolute atomic E-state index is 0.0177. The first-order valence-electron chi connectivity index (χ1n) is 8.57. The van der Waals surface area contributed by atoms with Gasteiger partial charge in [0.1, 0.15) is 0 Å². The molecule has 3 rings (SSSR count). The van der Waals surface area contributed by atoms with Crippen molar-refractivity contribution in [3.63, 3.8) is 0 Å². The van der Waals surface area contributed by atoms with Crippen LogP contribution in [-0.2, 0) is 17.6 Å². The predicted molar refractivity (Wildman–Crippen MR) is 97.9 cm³/mol. The molecule has 0 saturated carbocycles. The summed E-state index contributed by atoms with van der Waals surface area (Å²) in [5, 5.41) is 5.83. The summed E-state index contributed by atoms with van der Waals surface area (Å²) in [7, 11) is 0. The smallest absolute Gasteiger partial charge is 0.261 e. The van der Waals surface area contributed by atoms with Crippen LogP contribution < -0.4 is 10.6 Å². The van der Waals surface area contributed by atoms with E-state index in [4.69, 9.17) is 0 Å². The minimum atomic E-state index is -0.0605. The van der Waals surface area contributed by atoms with Gasteiger partial charge < -0.3 is 5.32 Å². The number of amides is 2. The zero-order valence-electron chi connectivity index (χ0n) is 14.5. The molecule has 1 aliphatic carbocycles. The van der Waals surface area contributed by atoms with Gasteiger partial charge in [0.25, 0.3) is 5.91 Å². The summed E-state index contributed by atoms with van der Waals surface area (Å²) in [6, 6.07) is 3.91. The summed E-state index contributed by atoms with van der Waals surface area (Å²) >= 11 is 1.50. The Morgan fingerprint density at radius 3 is 2.92 bits per heavy atom. The maximum Gasteiger partial charge on any atom is 0.261 e. The molecule has 1 unspecified atom stereocenters. The van der Waals surface area contributed by atoms with Crippen LogP contribution >= 0.6 is 11.3 Å². The first-order chi connectivity index (χ1) is 12.0. The Balaban J connectivity index is 1.62. The number of carbonyl (C=O) groups is 2. The van der Waals surface area contributed by atoms with Gasteiger partial charge in [0.15, 0.2) is 0 Å². The molecule has 0 spiro atoms. The van der Waals surface area contributed by atoms with Crippen molar-refractivity contribution in [2.45, 2.75) is 52.0 Å². The summed E-state index contributed by atoms with van der Waals surface area (Å²) in [5.41, 5.74) is 1.99. The monoisotopic (exact) mass is 358 g/mol. The maximum atomic E-state index is 12.3. The molecule has 0 aliphatic heterocycles. The second-order valence-corrected chi connectivity index (χ2v) is 7.58. The van der Waals surface area contributed by atoms with Crippen molar-refractivity contribution in [2.24, 2.45) is 0 Å². The van der Waals surface area contributed by atoms with Gasteiger partial charge in [0.2, 0.25) is 11.9 Å². The van der Waals surface area contributed by atoms with E-state index in [9.17, 15) is 9.59 Å². The number of hydrogen-bond acceptors (Lipinski definition) is 5. The molecule has 132 valence electrons. The van der Waals surface area contributed by atoms with Crippen LogP contribution in [0.15, 0.2) is 18.3 Å². The molecule has 25 heavy (non-hydrogen) atoms. The van der Waals surface area contributed by atoms with E-state index in [-0.39, 0.29) is 17.9 Å². The fourth-order valence-corrected chi connectivity index (χ4v) is 3.69. The molecule has 7 heteroatoms. The Hall–Kier alpha value is -2.28. The number of aryl methyl sites for hydroxylation is 2. The normalized spacial score (nSPS) is 16.2. The lowest BCUT2D eigenvalue weighted by atomic mass is 9.93. The van der Waals surface area contributed by atoms with Gasteiger partial charge in [-0.3, -0.25) is 14.9 Å². The number of anilines is 1. The Morgan fingerprint density at radius 1 is 1.36 bits per heavy atom. The highest BCUT2D eigenvalue weighted by Gasteiger charge is 2.23. The number of nitrogens with one attached hydrogen (secondary N) is 2. The SMILES string of the molecule is CCCC(=O)Nc1ncc2c(n1)CCC(NC(=O)c1ccc(C)s1)C2. The van der Waals surface area contributed by atoms with Crippen LogP contribution in [0.4, 0.5) is 5.95 Å². The fourth-order valence-electron chi connectivity index (χ4n) is 2.92. The fraction of sp³-hybridized carbons (Fsp3) is 0.444. The number of carbonyl (C=O) groups excluding carboxylic acids is 2. The Kier molecular flexibility index (Phi) is 5.43. The van der Waals surface area contributed by atoms with E-state index in [0.717, 1.165) is 40.3 Å². The number of rotatable bonds is 5. The van der Waals surface area contributed by atoms with Crippen LogP contribution in [0, 0.1) is 6.92 Å². The number of hydrogen-bond donors (Lipinski definition) is 2. The van der Waals surface area contributed by atoms with Gasteiger partial charge in [-0.05, 0) is 50.3 Å². The summed E-state index contributed by atoms with van der Waals surface area (Å²) in [6.07, 6.45) is 5.34. The van der Waals surface area contributed by atoms with Gasteiger partial charge in [-0.15, -0.1) is 11.3 Å². The van der Waals surface area contributed by atoms with Crippen LogP contribution in [0.25, 0.3) is 0 Å². The number of nitrogens with zero attached hydrogens (tertiary/aromatic N) is 2. The van der Waals surface area contributed by atoms with E-state index >= 15 is 0 Å². The first kappa shape index (κ1) is 17.5. The molecule has 0 fully saturated rings. The Morgan fingerprint density at radius 2 is 2.20 bits per heavy atom. The van der Waals surface area contributed by atoms with Crippen molar-refractivity contribution in [1.82, 2.24) is 15.3 Å². The summed E-state index contributed by atoms with van der Waals surface area (Å²) in [6.45, 7) is 3.95. The van der Waals surface area contributed by atoms with E-state index < -0.39 is 0 Å². The molecule has 0 aromatic carbocycles. The van der Waals surface area contributed by atoms with Gasteiger partial charge in [-0.2, -0.15) is 0 Å². The summed E-state index contributed by atoms with van der Waals surface area (Å²) in [5.74, 6) is 0.291. The van der Waals surface area contributed by atoms with E-state index in [1.54, 1.807) is 6.20 Å². The van der Waals surface area contributed by atoms with Crippen LogP contribution in [-0.4, -0.2) is 27.8 Å². The standard InChI is InChI=1S/C18H22N4O2S/c1-3-4-16(23)22-18-19-10-12-9-13(6-7-14(12)21-18)20-17(24)15-8-5-11(2)25-15/h5,8,10,13H,3-4,6-7,9H2,1-2H3,(H,20,24)(H,19,21,22,23). The van der Waals surface area contributed by atoms with Crippen molar-refractivity contribution in [2.75, 3.05) is 5.32 Å². The van der Waals surface area contributed by atoms with Crippen LogP contribution in [0.3, 0.4) is 0 Å². The Labute approximate surface area is 151 Å². The lowest BCUT2D eigenvalue weighted by molar-refractivity contribution is -0.116. The molecule has 0 bridgehead atoms. The second-order valence-electron chi connectivity index (χ2n) is 6.29. The predicted octanol–water partition coefficient (Wildman–Crippen LogP) is 2.87. The molecule has 2 amide bonds. The second kappa shape index (κ2) is 7.74. The number of aromatic nitrogens is 2. The highest BCUT2D eigenvalue weighted by molar-refractivity contribution is 7.13. The van der Waals surface area contributed by atoms with Crippen LogP contribution in [0.5, 0.6) is 0 Å². The quantitative estimate of drug-likeness (QED) is 0.861. The molecule has 0 radical (unpaired) electrons. The van der Waals surface area contributed by atoms with Crippen molar-refractivity contribution >= 4 is 29.1 Å². The van der Waals surface area contributed by atoms with E-state index in [1.807, 2.05) is 26.0 Å². The van der Waals surface area contributed by atoms with Crippen molar-refractivity contribution in [1.29, 1.82) is 0 Å². The number of fused-ring (bicyclic) bond motifs is 1. The maximum absolute atomic E-state index is 12.3. The largest absolute Gasteiger partial charge is 0.348 e. The molecule has 2 heterocycles. The number of thiophene rings is 1.